The van der Waals surface area contributed by atoms with Crippen molar-refractivity contribution in [1.82, 2.24) is 4.90 Å². The molecule has 0 unspecified atom stereocenters. The zero-order valence-electron chi connectivity index (χ0n) is 11.4. The van der Waals surface area contributed by atoms with Crippen molar-refractivity contribution in [2.75, 3.05) is 18.4 Å². The van der Waals surface area contributed by atoms with Crippen molar-refractivity contribution in [2.24, 2.45) is 0 Å². The van der Waals surface area contributed by atoms with Crippen LogP contribution in [0, 0.1) is 5.82 Å². The quantitative estimate of drug-likeness (QED) is 0.837. The lowest BCUT2D eigenvalue weighted by molar-refractivity contribution is 0.242. The molecule has 1 aromatic carbocycles. The minimum atomic E-state index is -0.201. The molecular formula is C16H19FN2O. The minimum Gasteiger partial charge on any atom is -0.468 e. The zero-order valence-corrected chi connectivity index (χ0v) is 11.4. The Balaban J connectivity index is 1.48. The van der Waals surface area contributed by atoms with Gasteiger partial charge >= 0.3 is 0 Å². The molecule has 4 heteroatoms. The van der Waals surface area contributed by atoms with Crippen LogP contribution in [-0.2, 0) is 6.54 Å². The van der Waals surface area contributed by atoms with Crippen molar-refractivity contribution in [1.29, 1.82) is 0 Å². The molecule has 3 rings (SSSR count). The Labute approximate surface area is 118 Å². The fourth-order valence-electron chi connectivity index (χ4n) is 2.34. The number of nitrogens with one attached hydrogen (secondary N) is 1. The molecule has 20 heavy (non-hydrogen) atoms. The standard InChI is InChI=1S/C16H19FN2O/c17-13-3-5-14(6-4-13)18-9-10-19(15-7-8-15)12-16-2-1-11-20-16/h1-6,11,15,18H,7-10,12H2. The molecule has 1 N–H and O–H groups in total. The number of furan rings is 1. The van der Waals surface area contributed by atoms with Crippen LogP contribution in [0.4, 0.5) is 10.1 Å². The van der Waals surface area contributed by atoms with Crippen LogP contribution in [-0.4, -0.2) is 24.0 Å². The molecule has 0 bridgehead atoms. The Kier molecular flexibility index (Phi) is 4.02. The Morgan fingerprint density at radius 3 is 2.65 bits per heavy atom. The number of halogens is 1. The van der Waals surface area contributed by atoms with Crippen molar-refractivity contribution < 1.29 is 8.81 Å². The molecule has 1 heterocycles. The van der Waals surface area contributed by atoms with E-state index in [0.717, 1.165) is 31.1 Å². The average molecular weight is 274 g/mol. The summed E-state index contributed by atoms with van der Waals surface area (Å²) < 4.78 is 18.2. The summed E-state index contributed by atoms with van der Waals surface area (Å²) in [5.41, 5.74) is 0.958. The van der Waals surface area contributed by atoms with Crippen LogP contribution < -0.4 is 5.32 Å². The summed E-state index contributed by atoms with van der Waals surface area (Å²) >= 11 is 0. The van der Waals surface area contributed by atoms with E-state index < -0.39 is 0 Å². The summed E-state index contributed by atoms with van der Waals surface area (Å²) in [4.78, 5) is 2.44. The molecule has 0 aliphatic heterocycles. The van der Waals surface area contributed by atoms with Gasteiger partial charge in [-0.3, -0.25) is 4.90 Å². The van der Waals surface area contributed by atoms with E-state index in [4.69, 9.17) is 4.42 Å². The van der Waals surface area contributed by atoms with Gasteiger partial charge in [-0.05, 0) is 49.2 Å². The Morgan fingerprint density at radius 1 is 1.20 bits per heavy atom. The normalized spacial score (nSPS) is 14.7. The molecule has 1 fully saturated rings. The van der Waals surface area contributed by atoms with Gasteiger partial charge in [0.2, 0.25) is 0 Å². The van der Waals surface area contributed by atoms with Gasteiger partial charge < -0.3 is 9.73 Å². The van der Waals surface area contributed by atoms with Crippen LogP contribution in [0.1, 0.15) is 18.6 Å². The summed E-state index contributed by atoms with van der Waals surface area (Å²) in [6.45, 7) is 2.67. The van der Waals surface area contributed by atoms with E-state index in [-0.39, 0.29) is 5.82 Å². The predicted molar refractivity (Wildman–Crippen MR) is 77.0 cm³/mol. The topological polar surface area (TPSA) is 28.4 Å². The van der Waals surface area contributed by atoms with Gasteiger partial charge in [-0.15, -0.1) is 0 Å². The second kappa shape index (κ2) is 6.09. The maximum absolute atomic E-state index is 12.8. The van der Waals surface area contributed by atoms with E-state index >= 15 is 0 Å². The highest BCUT2D eigenvalue weighted by molar-refractivity contribution is 5.42. The van der Waals surface area contributed by atoms with E-state index in [1.165, 1.54) is 25.0 Å². The van der Waals surface area contributed by atoms with E-state index in [1.54, 1.807) is 18.4 Å². The van der Waals surface area contributed by atoms with Gasteiger partial charge in [0, 0.05) is 24.8 Å². The average Bonchev–Trinajstić information content (AvgIpc) is 3.18. The van der Waals surface area contributed by atoms with E-state index in [9.17, 15) is 4.39 Å². The molecule has 106 valence electrons. The third kappa shape index (κ3) is 3.61. The highest BCUT2D eigenvalue weighted by Gasteiger charge is 2.28. The fourth-order valence-corrected chi connectivity index (χ4v) is 2.34. The van der Waals surface area contributed by atoms with Crippen molar-refractivity contribution in [3.8, 4) is 0 Å². The number of rotatable bonds is 7. The molecule has 1 saturated carbocycles. The van der Waals surface area contributed by atoms with Crippen molar-refractivity contribution in [2.45, 2.75) is 25.4 Å². The van der Waals surface area contributed by atoms with Crippen molar-refractivity contribution in [3.63, 3.8) is 0 Å². The smallest absolute Gasteiger partial charge is 0.123 e. The summed E-state index contributed by atoms with van der Waals surface area (Å²) in [6.07, 6.45) is 4.27. The molecular weight excluding hydrogens is 255 g/mol. The number of hydrogen-bond acceptors (Lipinski definition) is 3. The van der Waals surface area contributed by atoms with Gasteiger partial charge in [0.05, 0.1) is 12.8 Å². The number of nitrogens with zero attached hydrogens (tertiary/aromatic N) is 1. The maximum atomic E-state index is 12.8. The van der Waals surface area contributed by atoms with Gasteiger partial charge in [-0.2, -0.15) is 0 Å². The van der Waals surface area contributed by atoms with Crippen molar-refractivity contribution >= 4 is 5.69 Å². The highest BCUT2D eigenvalue weighted by Crippen LogP contribution is 2.28. The SMILES string of the molecule is Fc1ccc(NCCN(Cc2ccco2)C2CC2)cc1. The Hall–Kier alpha value is -1.81. The highest BCUT2D eigenvalue weighted by atomic mass is 19.1. The van der Waals surface area contributed by atoms with Gasteiger partial charge in [0.15, 0.2) is 0 Å². The largest absolute Gasteiger partial charge is 0.468 e. The third-order valence-electron chi connectivity index (χ3n) is 3.57. The first-order chi connectivity index (χ1) is 9.81. The third-order valence-corrected chi connectivity index (χ3v) is 3.57. The zero-order chi connectivity index (χ0) is 13.8. The summed E-state index contributed by atoms with van der Waals surface area (Å²) in [5, 5.41) is 3.33. The summed E-state index contributed by atoms with van der Waals surface area (Å²) in [7, 11) is 0. The monoisotopic (exact) mass is 274 g/mol. The van der Waals surface area contributed by atoms with Crippen LogP contribution in [0.3, 0.4) is 0 Å². The predicted octanol–water partition coefficient (Wildman–Crippen LogP) is 3.50. The second-order valence-corrected chi connectivity index (χ2v) is 5.21. The van der Waals surface area contributed by atoms with Crippen LogP contribution in [0.15, 0.2) is 47.1 Å². The first-order valence-electron chi connectivity index (χ1n) is 7.07. The Morgan fingerprint density at radius 2 is 2.00 bits per heavy atom. The van der Waals surface area contributed by atoms with E-state index in [0.29, 0.717) is 6.04 Å². The summed E-state index contributed by atoms with van der Waals surface area (Å²) in [6, 6.07) is 11.1. The maximum Gasteiger partial charge on any atom is 0.123 e. The van der Waals surface area contributed by atoms with Crippen LogP contribution in [0.5, 0.6) is 0 Å². The number of anilines is 1. The molecule has 0 amide bonds. The minimum absolute atomic E-state index is 0.201. The molecule has 0 spiro atoms. The molecule has 2 aromatic rings. The molecule has 3 nitrogen and oxygen atoms in total. The van der Waals surface area contributed by atoms with E-state index in [2.05, 4.69) is 10.2 Å². The molecule has 0 saturated heterocycles. The first kappa shape index (κ1) is 13.2. The van der Waals surface area contributed by atoms with Gasteiger partial charge in [0.1, 0.15) is 11.6 Å². The Bertz CT molecular complexity index is 520. The number of hydrogen-bond donors (Lipinski definition) is 1. The number of benzene rings is 1. The van der Waals surface area contributed by atoms with Gasteiger partial charge in [0.25, 0.3) is 0 Å². The van der Waals surface area contributed by atoms with Gasteiger partial charge in [-0.25, -0.2) is 4.39 Å². The van der Waals surface area contributed by atoms with Crippen molar-refractivity contribution in [3.05, 3.63) is 54.2 Å². The van der Waals surface area contributed by atoms with Gasteiger partial charge in [-0.1, -0.05) is 0 Å². The molecule has 0 radical (unpaired) electrons. The molecule has 1 aliphatic rings. The van der Waals surface area contributed by atoms with Crippen LogP contribution >= 0.6 is 0 Å². The summed E-state index contributed by atoms with van der Waals surface area (Å²) in [5.74, 6) is 0.812. The lowest BCUT2D eigenvalue weighted by Crippen LogP contribution is -2.30. The van der Waals surface area contributed by atoms with E-state index in [1.807, 2.05) is 12.1 Å². The molecule has 1 aromatic heterocycles. The molecule has 1 aliphatic carbocycles. The van der Waals surface area contributed by atoms with Crippen LogP contribution in [0.25, 0.3) is 0 Å². The fraction of sp³-hybridized carbons (Fsp3) is 0.375. The first-order valence-corrected chi connectivity index (χ1v) is 7.07. The second-order valence-electron chi connectivity index (χ2n) is 5.21. The lowest BCUT2D eigenvalue weighted by Gasteiger charge is -2.21. The van der Waals surface area contributed by atoms with Crippen LogP contribution in [0.2, 0.25) is 0 Å². The molecule has 0 atom stereocenters. The lowest BCUT2D eigenvalue weighted by atomic mass is 10.3.